The smallest absolute Gasteiger partial charge is 0.307 e. The first-order valence-corrected chi connectivity index (χ1v) is 4.58. The van der Waals surface area contributed by atoms with E-state index >= 15 is 0 Å². The van der Waals surface area contributed by atoms with Crippen LogP contribution in [0.3, 0.4) is 0 Å². The monoisotopic (exact) mass is 189 g/mol. The van der Waals surface area contributed by atoms with Crippen molar-refractivity contribution in [1.29, 1.82) is 0 Å². The van der Waals surface area contributed by atoms with E-state index in [1.54, 1.807) is 0 Å². The van der Waals surface area contributed by atoms with Crippen LogP contribution in [0.1, 0.15) is 20.3 Å². The van der Waals surface area contributed by atoms with Crippen molar-refractivity contribution in [3.8, 4) is 0 Å². The quantitative estimate of drug-likeness (QED) is 0.469. The van der Waals surface area contributed by atoms with Gasteiger partial charge in [-0.15, -0.1) is 0 Å². The Morgan fingerprint density at radius 2 is 2.23 bits per heavy atom. The molecule has 0 radical (unpaired) electrons. The third kappa shape index (κ3) is 7.74. The highest BCUT2D eigenvalue weighted by Crippen LogP contribution is 1.91. The van der Waals surface area contributed by atoms with Crippen LogP contribution in [0, 0.1) is 0 Å². The van der Waals surface area contributed by atoms with Gasteiger partial charge in [0.25, 0.3) is 0 Å². The van der Waals surface area contributed by atoms with E-state index in [0.717, 1.165) is 13.2 Å². The van der Waals surface area contributed by atoms with Gasteiger partial charge < -0.3 is 14.8 Å². The van der Waals surface area contributed by atoms with Crippen LogP contribution in [0.2, 0.25) is 0 Å². The highest BCUT2D eigenvalue weighted by molar-refractivity contribution is 5.69. The standard InChI is InChI=1S/C9H19NO3/c1-4-13-6-5-10-8(2)7-9(11)12-3/h8,10H,4-7H2,1-3H3/t8-/m0/s1. The lowest BCUT2D eigenvalue weighted by atomic mass is 10.2. The van der Waals surface area contributed by atoms with E-state index in [1.807, 2.05) is 13.8 Å². The summed E-state index contributed by atoms with van der Waals surface area (Å²) in [5.74, 6) is -0.184. The number of nitrogens with one attached hydrogen (secondary N) is 1. The Balaban J connectivity index is 3.29. The molecule has 0 aliphatic rings. The van der Waals surface area contributed by atoms with Crippen LogP contribution < -0.4 is 5.32 Å². The van der Waals surface area contributed by atoms with E-state index < -0.39 is 0 Å². The van der Waals surface area contributed by atoms with Crippen molar-refractivity contribution in [3.63, 3.8) is 0 Å². The molecule has 78 valence electrons. The van der Waals surface area contributed by atoms with Crippen LogP contribution >= 0.6 is 0 Å². The zero-order chi connectivity index (χ0) is 10.1. The minimum Gasteiger partial charge on any atom is -0.469 e. The molecule has 1 N–H and O–H groups in total. The van der Waals surface area contributed by atoms with Gasteiger partial charge in [-0.25, -0.2) is 0 Å². The minimum absolute atomic E-state index is 0.146. The molecular formula is C9H19NO3. The second-order valence-corrected chi connectivity index (χ2v) is 2.83. The predicted octanol–water partition coefficient (Wildman–Crippen LogP) is 0.564. The molecule has 0 aliphatic carbocycles. The van der Waals surface area contributed by atoms with Crippen LogP contribution in [0.5, 0.6) is 0 Å². The van der Waals surface area contributed by atoms with Crippen LogP contribution in [-0.2, 0) is 14.3 Å². The molecular weight excluding hydrogens is 170 g/mol. The first kappa shape index (κ1) is 12.4. The number of ether oxygens (including phenoxy) is 2. The second-order valence-electron chi connectivity index (χ2n) is 2.83. The molecule has 0 amide bonds. The van der Waals surface area contributed by atoms with Crippen molar-refractivity contribution in [3.05, 3.63) is 0 Å². The number of carbonyl (C=O) groups excluding carboxylic acids is 1. The fourth-order valence-corrected chi connectivity index (χ4v) is 0.927. The number of esters is 1. The van der Waals surface area contributed by atoms with E-state index in [9.17, 15) is 4.79 Å². The molecule has 0 aromatic heterocycles. The fraction of sp³-hybridized carbons (Fsp3) is 0.889. The Labute approximate surface area is 79.6 Å². The first-order valence-electron chi connectivity index (χ1n) is 4.58. The molecule has 0 aromatic carbocycles. The van der Waals surface area contributed by atoms with E-state index in [1.165, 1.54) is 7.11 Å². The van der Waals surface area contributed by atoms with Crippen molar-refractivity contribution in [1.82, 2.24) is 5.32 Å². The van der Waals surface area contributed by atoms with Crippen molar-refractivity contribution in [2.24, 2.45) is 0 Å². The largest absolute Gasteiger partial charge is 0.469 e. The Morgan fingerprint density at radius 3 is 2.77 bits per heavy atom. The molecule has 1 atom stereocenters. The van der Waals surface area contributed by atoms with Crippen LogP contribution in [0.15, 0.2) is 0 Å². The number of hydrogen-bond donors (Lipinski definition) is 1. The van der Waals surface area contributed by atoms with Crippen LogP contribution in [-0.4, -0.2) is 38.9 Å². The Hall–Kier alpha value is -0.610. The van der Waals surface area contributed by atoms with E-state index in [2.05, 4.69) is 10.1 Å². The normalized spacial score (nSPS) is 12.5. The Bertz CT molecular complexity index is 139. The molecule has 4 heteroatoms. The average Bonchev–Trinajstić information content (AvgIpc) is 2.12. The lowest BCUT2D eigenvalue weighted by Crippen LogP contribution is -2.31. The highest BCUT2D eigenvalue weighted by atomic mass is 16.5. The highest BCUT2D eigenvalue weighted by Gasteiger charge is 2.07. The van der Waals surface area contributed by atoms with Gasteiger partial charge in [0.1, 0.15) is 0 Å². The van der Waals surface area contributed by atoms with E-state index in [0.29, 0.717) is 13.0 Å². The summed E-state index contributed by atoms with van der Waals surface area (Å²) in [5.41, 5.74) is 0. The number of hydrogen-bond acceptors (Lipinski definition) is 4. The predicted molar refractivity (Wildman–Crippen MR) is 50.6 cm³/mol. The number of carbonyl (C=O) groups is 1. The van der Waals surface area contributed by atoms with Gasteiger partial charge in [-0.05, 0) is 13.8 Å². The maximum Gasteiger partial charge on any atom is 0.307 e. The summed E-state index contributed by atoms with van der Waals surface area (Å²) in [6.45, 7) is 6.09. The van der Waals surface area contributed by atoms with Gasteiger partial charge >= 0.3 is 5.97 Å². The summed E-state index contributed by atoms with van der Waals surface area (Å²) in [6, 6.07) is 0.146. The molecule has 0 fully saturated rings. The number of methoxy groups -OCH3 is 1. The Morgan fingerprint density at radius 1 is 1.54 bits per heavy atom. The molecule has 0 aliphatic heterocycles. The molecule has 0 saturated carbocycles. The van der Waals surface area contributed by atoms with Gasteiger partial charge in [0.05, 0.1) is 20.1 Å². The second kappa shape index (κ2) is 8.01. The summed E-state index contributed by atoms with van der Waals surface area (Å²) in [5, 5.41) is 3.16. The molecule has 0 aromatic rings. The van der Waals surface area contributed by atoms with Gasteiger partial charge in [0.2, 0.25) is 0 Å². The topological polar surface area (TPSA) is 47.6 Å². The molecule has 0 heterocycles. The van der Waals surface area contributed by atoms with Crippen LogP contribution in [0.4, 0.5) is 0 Å². The molecule has 4 nitrogen and oxygen atoms in total. The summed E-state index contributed by atoms with van der Waals surface area (Å²) < 4.78 is 9.67. The number of rotatable bonds is 7. The maximum atomic E-state index is 10.8. The SMILES string of the molecule is CCOCCN[C@@H](C)CC(=O)OC. The van der Waals surface area contributed by atoms with Crippen molar-refractivity contribution < 1.29 is 14.3 Å². The molecule has 0 unspecified atom stereocenters. The van der Waals surface area contributed by atoms with Crippen molar-refractivity contribution in [2.75, 3.05) is 26.9 Å². The molecule has 13 heavy (non-hydrogen) atoms. The lowest BCUT2D eigenvalue weighted by molar-refractivity contribution is -0.141. The van der Waals surface area contributed by atoms with Crippen LogP contribution in [0.25, 0.3) is 0 Å². The molecule has 0 spiro atoms. The summed E-state index contributed by atoms with van der Waals surface area (Å²) in [6.07, 6.45) is 0.405. The van der Waals surface area contributed by atoms with Gasteiger partial charge in [0.15, 0.2) is 0 Å². The summed E-state index contributed by atoms with van der Waals surface area (Å²) >= 11 is 0. The maximum absolute atomic E-state index is 10.8. The lowest BCUT2D eigenvalue weighted by Gasteiger charge is -2.11. The van der Waals surface area contributed by atoms with Gasteiger partial charge in [0, 0.05) is 19.2 Å². The molecule has 0 rings (SSSR count). The molecule has 0 bridgehead atoms. The van der Waals surface area contributed by atoms with Gasteiger partial charge in [-0.2, -0.15) is 0 Å². The first-order chi connectivity index (χ1) is 6.20. The Kier molecular flexibility index (Phi) is 7.63. The van der Waals surface area contributed by atoms with Crippen molar-refractivity contribution >= 4 is 5.97 Å². The van der Waals surface area contributed by atoms with E-state index in [-0.39, 0.29) is 12.0 Å². The van der Waals surface area contributed by atoms with E-state index in [4.69, 9.17) is 4.74 Å². The minimum atomic E-state index is -0.184. The van der Waals surface area contributed by atoms with Gasteiger partial charge in [-0.1, -0.05) is 0 Å². The average molecular weight is 189 g/mol. The zero-order valence-electron chi connectivity index (χ0n) is 8.63. The fourth-order valence-electron chi connectivity index (χ4n) is 0.927. The summed E-state index contributed by atoms with van der Waals surface area (Å²) in [7, 11) is 1.40. The molecule has 0 saturated heterocycles. The third-order valence-corrected chi connectivity index (χ3v) is 1.64. The van der Waals surface area contributed by atoms with Crippen molar-refractivity contribution in [2.45, 2.75) is 26.3 Å². The summed E-state index contributed by atoms with van der Waals surface area (Å²) in [4.78, 5) is 10.8. The third-order valence-electron chi connectivity index (χ3n) is 1.64. The van der Waals surface area contributed by atoms with Gasteiger partial charge in [-0.3, -0.25) is 4.79 Å². The zero-order valence-corrected chi connectivity index (χ0v) is 8.63.